The van der Waals surface area contributed by atoms with Crippen LogP contribution in [0.5, 0.6) is 5.75 Å². The van der Waals surface area contributed by atoms with Crippen LogP contribution in [0, 0.1) is 12.3 Å². The molecule has 0 amide bonds. The van der Waals surface area contributed by atoms with Crippen LogP contribution in [0.4, 0.5) is 5.69 Å². The number of benzene rings is 1. The summed E-state index contributed by atoms with van der Waals surface area (Å²) >= 11 is 0. The van der Waals surface area contributed by atoms with Crippen LogP contribution in [0.25, 0.3) is 0 Å². The summed E-state index contributed by atoms with van der Waals surface area (Å²) in [7, 11) is 0. The van der Waals surface area contributed by atoms with Crippen molar-refractivity contribution in [2.24, 2.45) is 5.41 Å². The van der Waals surface area contributed by atoms with Gasteiger partial charge in [-0.15, -0.1) is 0 Å². The van der Waals surface area contributed by atoms with Gasteiger partial charge in [-0.2, -0.15) is 0 Å². The second-order valence-electron chi connectivity index (χ2n) is 4.68. The summed E-state index contributed by atoms with van der Waals surface area (Å²) in [5.41, 5.74) is 1.68. The van der Waals surface area contributed by atoms with Gasteiger partial charge in [0.1, 0.15) is 5.75 Å². The van der Waals surface area contributed by atoms with E-state index >= 15 is 0 Å². The third-order valence-corrected chi connectivity index (χ3v) is 2.40. The van der Waals surface area contributed by atoms with Crippen molar-refractivity contribution in [1.29, 1.82) is 0 Å². The Hall–Kier alpha value is -1.22. The monoisotopic (exact) mass is 209 g/mol. The van der Waals surface area contributed by atoms with E-state index in [1.54, 1.807) is 6.07 Å². The number of aromatic hydroxyl groups is 1. The van der Waals surface area contributed by atoms with Crippen LogP contribution >= 0.6 is 0 Å². The van der Waals surface area contributed by atoms with Crippen molar-refractivity contribution in [3.8, 4) is 5.75 Å². The van der Waals surface area contributed by atoms with E-state index in [0.717, 1.165) is 11.3 Å². The number of aryl methyl sites for hydroxylation is 1. The standard InChI is InChI=1S/C12H19NO2/c1-9-6-10(4-5-11(9)15)13-7-12(2,3)8-14/h4-6,13-15H,7-8H2,1-3H3. The zero-order chi connectivity index (χ0) is 11.5. The molecule has 0 unspecified atom stereocenters. The summed E-state index contributed by atoms with van der Waals surface area (Å²) in [4.78, 5) is 0. The van der Waals surface area contributed by atoms with Gasteiger partial charge >= 0.3 is 0 Å². The van der Waals surface area contributed by atoms with Gasteiger partial charge in [-0.1, -0.05) is 13.8 Å². The minimum absolute atomic E-state index is 0.133. The molecule has 0 radical (unpaired) electrons. The fourth-order valence-electron chi connectivity index (χ4n) is 1.16. The molecule has 84 valence electrons. The summed E-state index contributed by atoms with van der Waals surface area (Å²) in [6.45, 7) is 6.70. The molecule has 0 aliphatic carbocycles. The van der Waals surface area contributed by atoms with E-state index in [9.17, 15) is 5.11 Å². The van der Waals surface area contributed by atoms with Crippen LogP contribution in [0.15, 0.2) is 18.2 Å². The number of hydrogen-bond donors (Lipinski definition) is 3. The summed E-state index contributed by atoms with van der Waals surface area (Å²) < 4.78 is 0. The Balaban J connectivity index is 2.62. The lowest BCUT2D eigenvalue weighted by Gasteiger charge is -2.22. The lowest BCUT2D eigenvalue weighted by Crippen LogP contribution is -2.26. The van der Waals surface area contributed by atoms with Crippen molar-refractivity contribution in [2.75, 3.05) is 18.5 Å². The minimum Gasteiger partial charge on any atom is -0.508 e. The summed E-state index contributed by atoms with van der Waals surface area (Å²) in [5.74, 6) is 0.307. The van der Waals surface area contributed by atoms with Crippen molar-refractivity contribution < 1.29 is 10.2 Å². The van der Waals surface area contributed by atoms with Crippen molar-refractivity contribution in [2.45, 2.75) is 20.8 Å². The third kappa shape index (κ3) is 3.44. The van der Waals surface area contributed by atoms with Crippen molar-refractivity contribution >= 4 is 5.69 Å². The first kappa shape index (κ1) is 11.9. The number of anilines is 1. The molecule has 0 atom stereocenters. The number of phenolic OH excluding ortho intramolecular Hbond substituents is 1. The fourth-order valence-corrected chi connectivity index (χ4v) is 1.16. The molecule has 0 aliphatic heterocycles. The highest BCUT2D eigenvalue weighted by Gasteiger charge is 2.15. The quantitative estimate of drug-likeness (QED) is 0.666. The highest BCUT2D eigenvalue weighted by molar-refractivity contribution is 5.50. The van der Waals surface area contributed by atoms with E-state index < -0.39 is 0 Å². The largest absolute Gasteiger partial charge is 0.508 e. The van der Waals surface area contributed by atoms with Crippen LogP contribution < -0.4 is 5.32 Å². The minimum atomic E-state index is -0.133. The molecule has 1 rings (SSSR count). The molecule has 15 heavy (non-hydrogen) atoms. The average molecular weight is 209 g/mol. The summed E-state index contributed by atoms with van der Waals surface area (Å²) in [6, 6.07) is 5.39. The van der Waals surface area contributed by atoms with Crippen LogP contribution in [-0.2, 0) is 0 Å². The van der Waals surface area contributed by atoms with Gasteiger partial charge in [-0.25, -0.2) is 0 Å². The van der Waals surface area contributed by atoms with Gasteiger partial charge in [0.2, 0.25) is 0 Å². The molecule has 1 aromatic rings. The number of aliphatic hydroxyl groups excluding tert-OH is 1. The molecule has 0 bridgehead atoms. The van der Waals surface area contributed by atoms with Gasteiger partial charge in [-0.3, -0.25) is 0 Å². The van der Waals surface area contributed by atoms with E-state index in [-0.39, 0.29) is 12.0 Å². The van der Waals surface area contributed by atoms with E-state index in [0.29, 0.717) is 12.3 Å². The normalized spacial score (nSPS) is 11.5. The van der Waals surface area contributed by atoms with Crippen molar-refractivity contribution in [3.63, 3.8) is 0 Å². The van der Waals surface area contributed by atoms with Gasteiger partial charge in [0.05, 0.1) is 0 Å². The highest BCUT2D eigenvalue weighted by Crippen LogP contribution is 2.21. The van der Waals surface area contributed by atoms with Crippen LogP contribution in [0.2, 0.25) is 0 Å². The van der Waals surface area contributed by atoms with E-state index in [2.05, 4.69) is 5.32 Å². The Morgan fingerprint density at radius 3 is 2.53 bits per heavy atom. The number of phenols is 1. The SMILES string of the molecule is Cc1cc(NCC(C)(C)CO)ccc1O. The first-order valence-electron chi connectivity index (χ1n) is 5.09. The lowest BCUT2D eigenvalue weighted by atomic mass is 9.95. The van der Waals surface area contributed by atoms with Gasteiger partial charge in [0.25, 0.3) is 0 Å². The Morgan fingerprint density at radius 2 is 2.00 bits per heavy atom. The summed E-state index contributed by atoms with van der Waals surface area (Å²) in [6.07, 6.45) is 0. The first-order valence-corrected chi connectivity index (χ1v) is 5.09. The maximum absolute atomic E-state index is 9.35. The van der Waals surface area contributed by atoms with Crippen LogP contribution in [-0.4, -0.2) is 23.4 Å². The zero-order valence-corrected chi connectivity index (χ0v) is 9.54. The molecule has 3 nitrogen and oxygen atoms in total. The molecule has 0 fully saturated rings. The summed E-state index contributed by atoms with van der Waals surface area (Å²) in [5, 5.41) is 21.7. The molecule has 0 saturated heterocycles. The molecular weight excluding hydrogens is 190 g/mol. The lowest BCUT2D eigenvalue weighted by molar-refractivity contribution is 0.171. The fraction of sp³-hybridized carbons (Fsp3) is 0.500. The van der Waals surface area contributed by atoms with Gasteiger partial charge in [-0.05, 0) is 30.7 Å². The van der Waals surface area contributed by atoms with E-state index in [1.165, 1.54) is 0 Å². The Bertz CT molecular complexity index is 334. The predicted molar refractivity (Wildman–Crippen MR) is 62.2 cm³/mol. The van der Waals surface area contributed by atoms with Crippen molar-refractivity contribution in [3.05, 3.63) is 23.8 Å². The van der Waals surface area contributed by atoms with E-state index in [1.807, 2.05) is 32.9 Å². The van der Waals surface area contributed by atoms with Crippen LogP contribution in [0.3, 0.4) is 0 Å². The Labute approximate surface area is 90.8 Å². The Kier molecular flexibility index (Phi) is 3.58. The number of hydrogen-bond acceptors (Lipinski definition) is 3. The number of nitrogens with one attached hydrogen (secondary N) is 1. The maximum Gasteiger partial charge on any atom is 0.118 e. The van der Waals surface area contributed by atoms with Gasteiger partial charge < -0.3 is 15.5 Å². The maximum atomic E-state index is 9.35. The van der Waals surface area contributed by atoms with Crippen molar-refractivity contribution in [1.82, 2.24) is 0 Å². The number of aliphatic hydroxyl groups is 1. The second kappa shape index (κ2) is 4.53. The molecule has 1 aromatic carbocycles. The first-order chi connectivity index (χ1) is 6.94. The zero-order valence-electron chi connectivity index (χ0n) is 9.54. The molecule has 3 heteroatoms. The average Bonchev–Trinajstić information content (AvgIpc) is 2.20. The molecule has 0 aliphatic rings. The molecular formula is C12H19NO2. The highest BCUT2D eigenvalue weighted by atomic mass is 16.3. The predicted octanol–water partition coefficient (Wildman–Crippen LogP) is 2.13. The molecule has 0 spiro atoms. The second-order valence-corrected chi connectivity index (χ2v) is 4.68. The molecule has 3 N–H and O–H groups in total. The van der Waals surface area contributed by atoms with Gasteiger partial charge in [0.15, 0.2) is 0 Å². The van der Waals surface area contributed by atoms with Gasteiger partial charge in [0, 0.05) is 24.3 Å². The molecule has 0 saturated carbocycles. The molecule has 0 heterocycles. The molecule has 0 aromatic heterocycles. The van der Waals surface area contributed by atoms with Crippen LogP contribution in [0.1, 0.15) is 19.4 Å². The number of rotatable bonds is 4. The van der Waals surface area contributed by atoms with E-state index in [4.69, 9.17) is 5.11 Å². The third-order valence-electron chi connectivity index (χ3n) is 2.40. The Morgan fingerprint density at radius 1 is 1.33 bits per heavy atom. The topological polar surface area (TPSA) is 52.5 Å². The smallest absolute Gasteiger partial charge is 0.118 e.